The van der Waals surface area contributed by atoms with E-state index in [1.165, 1.54) is 0 Å². The third-order valence-corrected chi connectivity index (χ3v) is 4.58. The van der Waals surface area contributed by atoms with Gasteiger partial charge < -0.3 is 9.47 Å². The van der Waals surface area contributed by atoms with Gasteiger partial charge in [0.1, 0.15) is 11.5 Å². The van der Waals surface area contributed by atoms with Crippen LogP contribution in [0.25, 0.3) is 11.4 Å². The van der Waals surface area contributed by atoms with E-state index < -0.39 is 0 Å². The molecule has 0 bridgehead atoms. The van der Waals surface area contributed by atoms with Crippen LogP contribution in [0.3, 0.4) is 0 Å². The van der Waals surface area contributed by atoms with E-state index >= 15 is 0 Å². The van der Waals surface area contributed by atoms with E-state index in [1.807, 2.05) is 36.5 Å². The number of hydrogen-bond donors (Lipinski definition) is 1. The first-order chi connectivity index (χ1) is 11.7. The van der Waals surface area contributed by atoms with Crippen molar-refractivity contribution in [3.63, 3.8) is 0 Å². The van der Waals surface area contributed by atoms with Gasteiger partial charge in [0, 0.05) is 23.7 Å². The first kappa shape index (κ1) is 16.3. The number of nitrogens with one attached hydrogen (secondary N) is 1. The average Bonchev–Trinajstić information content (AvgIpc) is 3.10. The van der Waals surface area contributed by atoms with Crippen LogP contribution in [-0.4, -0.2) is 34.4 Å². The molecule has 1 aromatic carbocycles. The Balaban J connectivity index is 1.81. The average molecular weight is 342 g/mol. The Kier molecular flexibility index (Phi) is 5.00. The lowest BCUT2D eigenvalue weighted by Gasteiger charge is -2.08. The molecule has 2 heterocycles. The lowest BCUT2D eigenvalue weighted by molar-refractivity contribution is 0.395. The fraction of sp³-hybridized carbons (Fsp3) is 0.235. The van der Waals surface area contributed by atoms with Crippen molar-refractivity contribution >= 4 is 11.8 Å². The molecule has 1 atom stereocenters. The highest BCUT2D eigenvalue weighted by molar-refractivity contribution is 7.99. The van der Waals surface area contributed by atoms with Gasteiger partial charge in [0.15, 0.2) is 5.82 Å². The molecule has 2 aromatic heterocycles. The van der Waals surface area contributed by atoms with Gasteiger partial charge in [0.2, 0.25) is 5.16 Å². The van der Waals surface area contributed by atoms with Gasteiger partial charge in [-0.05, 0) is 30.7 Å². The number of rotatable bonds is 6. The van der Waals surface area contributed by atoms with Crippen molar-refractivity contribution in [2.45, 2.75) is 17.3 Å². The van der Waals surface area contributed by atoms with E-state index in [4.69, 9.17) is 9.47 Å². The molecule has 24 heavy (non-hydrogen) atoms. The van der Waals surface area contributed by atoms with Crippen LogP contribution < -0.4 is 9.47 Å². The summed E-state index contributed by atoms with van der Waals surface area (Å²) in [5, 5.41) is 8.16. The highest BCUT2D eigenvalue weighted by atomic mass is 32.2. The first-order valence-corrected chi connectivity index (χ1v) is 8.30. The number of thioether (sulfide) groups is 1. The number of benzene rings is 1. The fourth-order valence-electron chi connectivity index (χ4n) is 2.26. The molecule has 1 N–H and O–H groups in total. The minimum atomic E-state index is 0.208. The Bertz CT molecular complexity index is 807. The minimum Gasteiger partial charge on any atom is -0.497 e. The molecule has 0 radical (unpaired) electrons. The second kappa shape index (κ2) is 7.35. The van der Waals surface area contributed by atoms with E-state index in [0.717, 1.165) is 16.9 Å². The molecule has 0 unspecified atom stereocenters. The Labute approximate surface area is 144 Å². The van der Waals surface area contributed by atoms with Gasteiger partial charge in [-0.3, -0.25) is 10.1 Å². The van der Waals surface area contributed by atoms with E-state index in [2.05, 4.69) is 27.1 Å². The number of hydrogen-bond acceptors (Lipinski definition) is 6. The largest absolute Gasteiger partial charge is 0.497 e. The normalized spacial score (nSPS) is 12.0. The summed E-state index contributed by atoms with van der Waals surface area (Å²) in [6.07, 6.45) is 3.62. The van der Waals surface area contributed by atoms with Gasteiger partial charge in [-0.15, -0.1) is 5.10 Å². The first-order valence-electron chi connectivity index (χ1n) is 7.42. The molecule has 3 rings (SSSR count). The highest BCUT2D eigenvalue weighted by Crippen LogP contribution is 2.35. The number of nitrogens with zero attached hydrogens (tertiary/aromatic N) is 3. The quantitative estimate of drug-likeness (QED) is 0.688. The summed E-state index contributed by atoms with van der Waals surface area (Å²) in [5.41, 5.74) is 1.97. The van der Waals surface area contributed by atoms with Gasteiger partial charge in [0.05, 0.1) is 19.8 Å². The number of H-pyrrole nitrogens is 1. The maximum Gasteiger partial charge on any atom is 0.209 e. The van der Waals surface area contributed by atoms with Crippen LogP contribution in [0.4, 0.5) is 0 Å². The van der Waals surface area contributed by atoms with Crippen molar-refractivity contribution in [1.29, 1.82) is 0 Å². The molecular weight excluding hydrogens is 324 g/mol. The lowest BCUT2D eigenvalue weighted by Crippen LogP contribution is -1.92. The Morgan fingerprint density at radius 1 is 1.17 bits per heavy atom. The minimum absolute atomic E-state index is 0.208. The van der Waals surface area contributed by atoms with Crippen LogP contribution in [0.5, 0.6) is 11.5 Å². The van der Waals surface area contributed by atoms with E-state index in [1.54, 1.807) is 32.2 Å². The van der Waals surface area contributed by atoms with Crippen LogP contribution >= 0.6 is 11.8 Å². The Hall–Kier alpha value is -2.54. The number of pyridine rings is 1. The maximum absolute atomic E-state index is 5.42. The number of aromatic amines is 1. The van der Waals surface area contributed by atoms with Crippen molar-refractivity contribution in [3.8, 4) is 22.9 Å². The van der Waals surface area contributed by atoms with Gasteiger partial charge >= 0.3 is 0 Å². The van der Waals surface area contributed by atoms with Crippen LogP contribution in [0.15, 0.2) is 47.9 Å². The smallest absolute Gasteiger partial charge is 0.209 e. The number of aromatic nitrogens is 4. The molecule has 0 aliphatic rings. The molecule has 0 saturated heterocycles. The topological polar surface area (TPSA) is 72.9 Å². The standard InChI is InChI=1S/C17H18N4O2S/c1-11(12-5-4-8-18-10-12)24-17-19-16(20-21-17)14-7-6-13(22-2)9-15(14)23-3/h4-11H,1-3H3,(H,19,20,21)/t11-/m1/s1. The molecule has 0 aliphatic carbocycles. The van der Waals surface area contributed by atoms with E-state index in [9.17, 15) is 0 Å². The summed E-state index contributed by atoms with van der Waals surface area (Å²) < 4.78 is 10.6. The predicted octanol–water partition coefficient (Wildman–Crippen LogP) is 3.74. The van der Waals surface area contributed by atoms with Crippen molar-refractivity contribution in [3.05, 3.63) is 48.3 Å². The van der Waals surface area contributed by atoms with Crippen LogP contribution in [0, 0.1) is 0 Å². The van der Waals surface area contributed by atoms with Crippen molar-refractivity contribution < 1.29 is 9.47 Å². The van der Waals surface area contributed by atoms with Gasteiger partial charge in [-0.2, -0.15) is 0 Å². The van der Waals surface area contributed by atoms with Gasteiger partial charge in [-0.25, -0.2) is 4.98 Å². The summed E-state index contributed by atoms with van der Waals surface area (Å²) in [4.78, 5) is 8.71. The third kappa shape index (κ3) is 3.51. The molecule has 6 nitrogen and oxygen atoms in total. The van der Waals surface area contributed by atoms with Crippen LogP contribution in [0.2, 0.25) is 0 Å². The van der Waals surface area contributed by atoms with Crippen molar-refractivity contribution in [2.75, 3.05) is 14.2 Å². The summed E-state index contributed by atoms with van der Waals surface area (Å²) in [5.74, 6) is 2.08. The summed E-state index contributed by atoms with van der Waals surface area (Å²) in [6, 6.07) is 9.56. The summed E-state index contributed by atoms with van der Waals surface area (Å²) in [6.45, 7) is 2.10. The SMILES string of the molecule is COc1ccc(-c2nc(S[C@H](C)c3cccnc3)n[nH]2)c(OC)c1. The van der Waals surface area contributed by atoms with Crippen LogP contribution in [-0.2, 0) is 0 Å². The van der Waals surface area contributed by atoms with E-state index in [0.29, 0.717) is 16.7 Å². The molecule has 124 valence electrons. The number of ether oxygens (including phenoxy) is 2. The molecule has 0 amide bonds. The highest BCUT2D eigenvalue weighted by Gasteiger charge is 2.15. The zero-order valence-electron chi connectivity index (χ0n) is 13.7. The second-order valence-electron chi connectivity index (χ2n) is 5.08. The monoisotopic (exact) mass is 342 g/mol. The second-order valence-corrected chi connectivity index (χ2v) is 6.39. The zero-order chi connectivity index (χ0) is 16.9. The number of methoxy groups -OCH3 is 2. The third-order valence-electron chi connectivity index (χ3n) is 3.56. The fourth-order valence-corrected chi connectivity index (χ4v) is 3.09. The van der Waals surface area contributed by atoms with Crippen molar-refractivity contribution in [2.24, 2.45) is 0 Å². The molecule has 7 heteroatoms. The molecular formula is C17H18N4O2S. The zero-order valence-corrected chi connectivity index (χ0v) is 14.5. The van der Waals surface area contributed by atoms with E-state index in [-0.39, 0.29) is 5.25 Å². The van der Waals surface area contributed by atoms with Crippen LogP contribution in [0.1, 0.15) is 17.7 Å². The molecule has 3 aromatic rings. The molecule has 0 aliphatic heterocycles. The summed E-state index contributed by atoms with van der Waals surface area (Å²) >= 11 is 1.57. The Morgan fingerprint density at radius 2 is 2.04 bits per heavy atom. The molecule has 0 fully saturated rings. The maximum atomic E-state index is 5.42. The molecule has 0 spiro atoms. The Morgan fingerprint density at radius 3 is 2.75 bits per heavy atom. The van der Waals surface area contributed by atoms with Gasteiger partial charge in [0.25, 0.3) is 0 Å². The lowest BCUT2D eigenvalue weighted by atomic mass is 10.2. The molecule has 0 saturated carbocycles. The summed E-state index contributed by atoms with van der Waals surface area (Å²) in [7, 11) is 3.24. The predicted molar refractivity (Wildman–Crippen MR) is 93.4 cm³/mol. The van der Waals surface area contributed by atoms with Crippen molar-refractivity contribution in [1.82, 2.24) is 20.2 Å². The van der Waals surface area contributed by atoms with Gasteiger partial charge in [-0.1, -0.05) is 17.8 Å².